The Labute approximate surface area is 74.1 Å². The highest BCUT2D eigenvalue weighted by molar-refractivity contribution is 4.87. The Kier molecular flexibility index (Phi) is 1.81. The predicted molar refractivity (Wildman–Crippen MR) is 43.6 cm³/mol. The van der Waals surface area contributed by atoms with Gasteiger partial charge in [0.1, 0.15) is 6.10 Å². The van der Waals surface area contributed by atoms with Gasteiger partial charge in [-0.15, -0.1) is 0 Å². The van der Waals surface area contributed by atoms with E-state index in [9.17, 15) is 5.11 Å². The number of ether oxygens (including phenoxy) is 2. The molecule has 5 atom stereocenters. The lowest BCUT2D eigenvalue weighted by Gasteiger charge is -2.34. The van der Waals surface area contributed by atoms with E-state index >= 15 is 0 Å². The van der Waals surface area contributed by atoms with Crippen LogP contribution < -0.4 is 0 Å². The Morgan fingerprint density at radius 2 is 2.33 bits per heavy atom. The molecule has 0 saturated carbocycles. The number of rotatable bonds is 1. The van der Waals surface area contributed by atoms with Crippen molar-refractivity contribution in [1.82, 2.24) is 0 Å². The first-order valence-corrected chi connectivity index (χ1v) is 4.48. The van der Waals surface area contributed by atoms with Gasteiger partial charge >= 0.3 is 0 Å². The second kappa shape index (κ2) is 2.98. The molecule has 2 saturated heterocycles. The maximum Gasteiger partial charge on any atom is 0.158 e. The molecule has 0 amide bonds. The van der Waals surface area contributed by atoms with Crippen LogP contribution in [0.15, 0.2) is 0 Å². The van der Waals surface area contributed by atoms with Crippen LogP contribution in [0, 0.1) is 11.8 Å². The smallest absolute Gasteiger partial charge is 0.158 e. The summed E-state index contributed by atoms with van der Waals surface area (Å²) in [6.07, 6.45) is -1.62. The number of hydrogen-bond donors (Lipinski definition) is 1. The minimum absolute atomic E-state index is 0.0220. The third-order valence-electron chi connectivity index (χ3n) is 2.66. The van der Waals surface area contributed by atoms with Gasteiger partial charge in [-0.2, -0.15) is 0 Å². The summed E-state index contributed by atoms with van der Waals surface area (Å²) in [6.45, 7) is 4.49. The maximum atomic E-state index is 9.87. The Morgan fingerprint density at radius 1 is 1.58 bits per heavy atom. The maximum absolute atomic E-state index is 9.87. The van der Waals surface area contributed by atoms with Crippen molar-refractivity contribution < 1.29 is 16.0 Å². The molecule has 2 bridgehead atoms. The molecule has 3 nitrogen and oxygen atoms in total. The molecule has 0 aliphatic carbocycles. The quantitative estimate of drug-likeness (QED) is 0.636. The van der Waals surface area contributed by atoms with Crippen molar-refractivity contribution in [3.05, 3.63) is 0 Å². The van der Waals surface area contributed by atoms with E-state index in [2.05, 4.69) is 0 Å². The third kappa shape index (κ3) is 1.26. The second-order valence-electron chi connectivity index (χ2n) is 3.88. The number of aliphatic hydroxyl groups is 1. The Balaban J connectivity index is 2.17. The Hall–Kier alpha value is -0.120. The molecule has 0 unspecified atom stereocenters. The highest BCUT2D eigenvalue weighted by atomic mass is 16.7. The third-order valence-corrected chi connectivity index (χ3v) is 2.66. The molecule has 2 fully saturated rings. The molecule has 0 radical (unpaired) electrons. The minimum Gasteiger partial charge on any atom is -0.390 e. The number of aliphatic hydroxyl groups excluding tert-OH is 1. The molecule has 2 heterocycles. The highest BCUT2D eigenvalue weighted by Gasteiger charge is 2.43. The molecule has 2 rings (SSSR count). The van der Waals surface area contributed by atoms with Crippen molar-refractivity contribution in [2.24, 2.45) is 11.8 Å². The van der Waals surface area contributed by atoms with Gasteiger partial charge in [0, 0.05) is 7.77 Å². The number of fused-ring (bicyclic) bond motifs is 2. The first-order chi connectivity index (χ1) is 6.11. The van der Waals surface area contributed by atoms with E-state index in [-0.39, 0.29) is 12.0 Å². The van der Waals surface area contributed by atoms with Gasteiger partial charge in [-0.1, -0.05) is 13.8 Å². The zero-order valence-corrected chi connectivity index (χ0v) is 7.43. The molecule has 12 heavy (non-hydrogen) atoms. The zero-order valence-electron chi connectivity index (χ0n) is 8.43. The molecular formula is C9H16O3. The topological polar surface area (TPSA) is 38.7 Å². The van der Waals surface area contributed by atoms with Crippen LogP contribution in [0.3, 0.4) is 0 Å². The molecule has 0 aromatic heterocycles. The van der Waals surface area contributed by atoms with Crippen molar-refractivity contribution in [3.8, 4) is 0 Å². The average molecular weight is 173 g/mol. The van der Waals surface area contributed by atoms with E-state index in [1.165, 1.54) is 0 Å². The van der Waals surface area contributed by atoms with Crippen LogP contribution in [0.5, 0.6) is 0 Å². The van der Waals surface area contributed by atoms with E-state index in [4.69, 9.17) is 10.8 Å². The van der Waals surface area contributed by atoms with Crippen LogP contribution in [-0.2, 0) is 9.47 Å². The summed E-state index contributed by atoms with van der Waals surface area (Å²) >= 11 is 0. The molecule has 2 aliphatic rings. The number of hydrogen-bond acceptors (Lipinski definition) is 3. The lowest BCUT2D eigenvalue weighted by Crippen LogP contribution is -2.42. The molecule has 2 aliphatic heterocycles. The largest absolute Gasteiger partial charge is 0.390 e. The van der Waals surface area contributed by atoms with Crippen molar-refractivity contribution >= 4 is 0 Å². The summed E-state index contributed by atoms with van der Waals surface area (Å²) in [4.78, 5) is 0. The van der Waals surface area contributed by atoms with Gasteiger partial charge in [0.05, 0.1) is 12.7 Å². The van der Waals surface area contributed by atoms with Gasteiger partial charge in [-0.05, 0) is 11.8 Å². The molecule has 0 spiro atoms. The van der Waals surface area contributed by atoms with Crippen LogP contribution in [0.25, 0.3) is 0 Å². The molecule has 3 heteroatoms. The SMILES string of the molecule is [2H][C@H]1[C@H]2OC[C@H](O2)[C@@H](O)[C@@H]1C(C)C. The van der Waals surface area contributed by atoms with E-state index in [0.717, 1.165) is 0 Å². The van der Waals surface area contributed by atoms with Crippen molar-refractivity contribution in [1.29, 1.82) is 0 Å². The zero-order chi connectivity index (χ0) is 9.59. The predicted octanol–water partition coefficient (Wildman–Crippen LogP) is 0.765. The molecule has 0 aromatic rings. The highest BCUT2D eigenvalue weighted by Crippen LogP contribution is 2.35. The van der Waals surface area contributed by atoms with Gasteiger partial charge in [0.2, 0.25) is 0 Å². The van der Waals surface area contributed by atoms with Gasteiger partial charge in [-0.3, -0.25) is 0 Å². The van der Waals surface area contributed by atoms with E-state index in [1.54, 1.807) is 0 Å². The molecule has 1 N–H and O–H groups in total. The van der Waals surface area contributed by atoms with Gasteiger partial charge < -0.3 is 14.6 Å². The van der Waals surface area contributed by atoms with E-state index < -0.39 is 18.8 Å². The normalized spacial score (nSPS) is 54.3. The van der Waals surface area contributed by atoms with Crippen LogP contribution in [0.4, 0.5) is 0 Å². The molecule has 0 aromatic carbocycles. The van der Waals surface area contributed by atoms with Gasteiger partial charge in [0.15, 0.2) is 6.29 Å². The van der Waals surface area contributed by atoms with E-state index in [1.807, 2.05) is 13.8 Å². The summed E-state index contributed by atoms with van der Waals surface area (Å²) in [5.74, 6) is 0.277. The molecular weight excluding hydrogens is 156 g/mol. The lowest BCUT2D eigenvalue weighted by atomic mass is 9.84. The van der Waals surface area contributed by atoms with E-state index in [0.29, 0.717) is 12.5 Å². The fraction of sp³-hybridized carbons (Fsp3) is 1.00. The summed E-state index contributed by atoms with van der Waals surface area (Å²) in [5.41, 5.74) is 0. The summed E-state index contributed by atoms with van der Waals surface area (Å²) in [5, 5.41) is 9.87. The first kappa shape index (κ1) is 7.30. The average Bonchev–Trinajstić information content (AvgIpc) is 2.46. The second-order valence-corrected chi connectivity index (χ2v) is 3.88. The standard InChI is InChI=1S/C9H16O3/c1-5(2)6-3-8-11-4-7(12-8)9(6)10/h5-10H,3-4H2,1-2H3/t6-,7-,8-,9-/m0/s1/i3D/t3-,6+,7+,8+,9+/m1. The lowest BCUT2D eigenvalue weighted by molar-refractivity contribution is -0.151. The molecule has 70 valence electrons. The van der Waals surface area contributed by atoms with Crippen molar-refractivity contribution in [3.63, 3.8) is 0 Å². The van der Waals surface area contributed by atoms with Crippen molar-refractivity contribution in [2.75, 3.05) is 6.61 Å². The Morgan fingerprint density at radius 3 is 3.00 bits per heavy atom. The van der Waals surface area contributed by atoms with Crippen molar-refractivity contribution in [2.45, 2.75) is 38.7 Å². The fourth-order valence-electron chi connectivity index (χ4n) is 1.88. The summed E-state index contributed by atoms with van der Waals surface area (Å²) in [7, 11) is 0. The van der Waals surface area contributed by atoms with Gasteiger partial charge in [-0.25, -0.2) is 0 Å². The summed E-state index contributed by atoms with van der Waals surface area (Å²) < 4.78 is 18.5. The minimum atomic E-state index is -0.541. The van der Waals surface area contributed by atoms with Crippen LogP contribution >= 0.6 is 0 Å². The van der Waals surface area contributed by atoms with Gasteiger partial charge in [0.25, 0.3) is 0 Å². The Bertz CT molecular complexity index is 181. The first-order valence-electron chi connectivity index (χ1n) is 5.06. The van der Waals surface area contributed by atoms with Crippen LogP contribution in [-0.4, -0.2) is 30.2 Å². The summed E-state index contributed by atoms with van der Waals surface area (Å²) in [6, 6.07) is 0. The monoisotopic (exact) mass is 173 g/mol. The van der Waals surface area contributed by atoms with Crippen LogP contribution in [0.1, 0.15) is 21.6 Å². The van der Waals surface area contributed by atoms with Crippen LogP contribution in [0.2, 0.25) is 0 Å². The fourth-order valence-corrected chi connectivity index (χ4v) is 1.88.